The number of rotatable bonds is 3. The molecule has 0 aliphatic carbocycles. The van der Waals surface area contributed by atoms with Gasteiger partial charge in [-0.1, -0.05) is 0 Å². The van der Waals surface area contributed by atoms with Crippen molar-refractivity contribution in [1.29, 1.82) is 0 Å². The number of likely N-dealkylation sites (tertiary alicyclic amines) is 1. The number of nitrogens with zero attached hydrogens (tertiary/aromatic N) is 1. The fourth-order valence-corrected chi connectivity index (χ4v) is 2.37. The summed E-state index contributed by atoms with van der Waals surface area (Å²) in [6.07, 6.45) is 0.490. The summed E-state index contributed by atoms with van der Waals surface area (Å²) in [7, 11) is 0. The third kappa shape index (κ3) is 2.35. The average Bonchev–Trinajstić information content (AvgIpc) is 2.19. The van der Waals surface area contributed by atoms with Gasteiger partial charge in [0, 0.05) is 32.1 Å². The highest BCUT2D eigenvalue weighted by atomic mass is 19.1. The molecule has 1 amide bonds. The molecule has 2 heterocycles. The Hall–Kier alpha value is -0.680. The van der Waals surface area contributed by atoms with Gasteiger partial charge in [0.2, 0.25) is 5.91 Å². The van der Waals surface area contributed by atoms with Crippen LogP contribution in [-0.4, -0.2) is 54.9 Å². The zero-order valence-electron chi connectivity index (χ0n) is 9.36. The van der Waals surface area contributed by atoms with E-state index in [2.05, 4.69) is 5.32 Å². The highest BCUT2D eigenvalue weighted by Gasteiger charge is 2.34. The number of carbonyl (C=O) groups is 1. The van der Waals surface area contributed by atoms with E-state index in [0.29, 0.717) is 25.9 Å². The molecule has 0 radical (unpaired) electrons. The van der Waals surface area contributed by atoms with E-state index >= 15 is 0 Å². The van der Waals surface area contributed by atoms with Gasteiger partial charge in [0.1, 0.15) is 0 Å². The second kappa shape index (κ2) is 5.10. The summed E-state index contributed by atoms with van der Waals surface area (Å²) in [5, 5.41) is 12.8. The monoisotopic (exact) mass is 230 g/mol. The number of aliphatic hydroxyl groups excluding tert-OH is 1. The maximum atomic E-state index is 12.3. The van der Waals surface area contributed by atoms with Crippen molar-refractivity contribution in [3.63, 3.8) is 0 Å². The average molecular weight is 230 g/mol. The molecule has 0 unspecified atom stereocenters. The van der Waals surface area contributed by atoms with Crippen molar-refractivity contribution in [2.24, 2.45) is 11.8 Å². The smallest absolute Gasteiger partial charge is 0.228 e. The van der Waals surface area contributed by atoms with Gasteiger partial charge in [-0.15, -0.1) is 0 Å². The second-order valence-corrected chi connectivity index (χ2v) is 4.73. The molecule has 2 aliphatic rings. The normalized spacial score (nSPS) is 31.2. The quantitative estimate of drug-likeness (QED) is 0.704. The van der Waals surface area contributed by atoms with Crippen LogP contribution in [0, 0.1) is 11.8 Å². The molecule has 0 spiro atoms. The predicted molar refractivity (Wildman–Crippen MR) is 57.6 cm³/mol. The minimum Gasteiger partial charge on any atom is -0.393 e. The van der Waals surface area contributed by atoms with Gasteiger partial charge in [0.25, 0.3) is 0 Å². The molecule has 2 rings (SSSR count). The van der Waals surface area contributed by atoms with E-state index in [9.17, 15) is 14.3 Å². The molecule has 2 saturated heterocycles. The number of halogens is 1. The number of aliphatic hydroxyl groups is 1. The Morgan fingerprint density at radius 2 is 2.25 bits per heavy atom. The molecular weight excluding hydrogens is 211 g/mol. The number of piperidine rings is 1. The molecule has 16 heavy (non-hydrogen) atoms. The number of nitrogens with one attached hydrogen (secondary N) is 1. The van der Waals surface area contributed by atoms with Crippen molar-refractivity contribution in [3.8, 4) is 0 Å². The zero-order chi connectivity index (χ0) is 11.5. The van der Waals surface area contributed by atoms with Gasteiger partial charge in [0.05, 0.1) is 18.7 Å². The Morgan fingerprint density at radius 1 is 1.50 bits per heavy atom. The molecule has 0 saturated carbocycles. The minimum atomic E-state index is -0.445. The van der Waals surface area contributed by atoms with E-state index in [1.165, 1.54) is 0 Å². The van der Waals surface area contributed by atoms with E-state index < -0.39 is 12.8 Å². The molecule has 5 heteroatoms. The molecule has 2 N–H and O–H groups in total. The van der Waals surface area contributed by atoms with Crippen LogP contribution in [0.25, 0.3) is 0 Å². The molecule has 4 nitrogen and oxygen atoms in total. The van der Waals surface area contributed by atoms with Crippen LogP contribution in [0.2, 0.25) is 0 Å². The molecule has 0 aromatic rings. The van der Waals surface area contributed by atoms with Crippen LogP contribution >= 0.6 is 0 Å². The lowest BCUT2D eigenvalue weighted by molar-refractivity contribution is -0.141. The molecule has 2 fully saturated rings. The second-order valence-electron chi connectivity index (χ2n) is 4.73. The third-order valence-electron chi connectivity index (χ3n) is 3.62. The molecule has 2 aliphatic heterocycles. The van der Waals surface area contributed by atoms with Gasteiger partial charge in [-0.2, -0.15) is 0 Å². The van der Waals surface area contributed by atoms with Crippen LogP contribution in [0.4, 0.5) is 4.39 Å². The fraction of sp³-hybridized carbons (Fsp3) is 0.909. The summed E-state index contributed by atoms with van der Waals surface area (Å²) in [5.74, 6) is 0.173. The molecule has 0 aromatic heterocycles. The summed E-state index contributed by atoms with van der Waals surface area (Å²) in [6.45, 7) is 2.21. The maximum absolute atomic E-state index is 12.3. The lowest BCUT2D eigenvalue weighted by Gasteiger charge is -2.39. The fourth-order valence-electron chi connectivity index (χ4n) is 2.37. The Bertz CT molecular complexity index is 258. The van der Waals surface area contributed by atoms with E-state index in [1.54, 1.807) is 4.90 Å². The van der Waals surface area contributed by atoms with Crippen molar-refractivity contribution in [1.82, 2.24) is 10.2 Å². The van der Waals surface area contributed by atoms with Crippen LogP contribution < -0.4 is 5.32 Å². The van der Waals surface area contributed by atoms with Gasteiger partial charge in [-0.3, -0.25) is 9.18 Å². The lowest BCUT2D eigenvalue weighted by atomic mass is 9.90. The first-order valence-corrected chi connectivity index (χ1v) is 5.96. The zero-order valence-corrected chi connectivity index (χ0v) is 9.36. The Labute approximate surface area is 94.8 Å². The van der Waals surface area contributed by atoms with E-state index in [4.69, 9.17) is 0 Å². The Balaban J connectivity index is 1.88. The summed E-state index contributed by atoms with van der Waals surface area (Å²) >= 11 is 0. The SMILES string of the molecule is O=C(C1CNC1)N1CC[C@@H](O)[C@H](CCF)C1. The highest BCUT2D eigenvalue weighted by molar-refractivity contribution is 5.80. The number of hydrogen-bond acceptors (Lipinski definition) is 3. The standard InChI is InChI=1S/C11H19FN2O2/c12-3-1-8-7-14(4-2-10(8)15)11(16)9-5-13-6-9/h8-10,13,15H,1-7H2/t8-,10-/m1/s1. The summed E-state index contributed by atoms with van der Waals surface area (Å²) in [4.78, 5) is 13.7. The molecule has 0 bridgehead atoms. The van der Waals surface area contributed by atoms with Crippen molar-refractivity contribution < 1.29 is 14.3 Å². The van der Waals surface area contributed by atoms with Crippen LogP contribution in [0.1, 0.15) is 12.8 Å². The lowest BCUT2D eigenvalue weighted by Crippen LogP contribution is -2.55. The number of carbonyl (C=O) groups excluding carboxylic acids is 1. The van der Waals surface area contributed by atoms with Crippen molar-refractivity contribution in [2.75, 3.05) is 32.9 Å². The summed E-state index contributed by atoms with van der Waals surface area (Å²) in [6, 6.07) is 0. The summed E-state index contributed by atoms with van der Waals surface area (Å²) < 4.78 is 12.3. The number of hydrogen-bond donors (Lipinski definition) is 2. The first-order valence-electron chi connectivity index (χ1n) is 5.96. The van der Waals surface area contributed by atoms with Crippen LogP contribution in [0.5, 0.6) is 0 Å². The molecule has 92 valence electrons. The molecular formula is C11H19FN2O2. The van der Waals surface area contributed by atoms with Gasteiger partial charge in [-0.25, -0.2) is 0 Å². The minimum absolute atomic E-state index is 0.0873. The topological polar surface area (TPSA) is 52.6 Å². The predicted octanol–water partition coefficient (Wildman–Crippen LogP) is -0.225. The van der Waals surface area contributed by atoms with Gasteiger partial charge >= 0.3 is 0 Å². The first-order chi connectivity index (χ1) is 7.72. The summed E-state index contributed by atoms with van der Waals surface area (Å²) in [5.41, 5.74) is 0. The van der Waals surface area contributed by atoms with Crippen molar-refractivity contribution in [2.45, 2.75) is 18.9 Å². The largest absolute Gasteiger partial charge is 0.393 e. The Morgan fingerprint density at radius 3 is 2.81 bits per heavy atom. The van der Waals surface area contributed by atoms with E-state index in [-0.39, 0.29) is 17.7 Å². The maximum Gasteiger partial charge on any atom is 0.228 e. The van der Waals surface area contributed by atoms with E-state index in [1.807, 2.05) is 0 Å². The van der Waals surface area contributed by atoms with Crippen LogP contribution in [0.3, 0.4) is 0 Å². The number of alkyl halides is 1. The first kappa shape index (κ1) is 11.8. The highest BCUT2D eigenvalue weighted by Crippen LogP contribution is 2.22. The third-order valence-corrected chi connectivity index (χ3v) is 3.62. The Kier molecular flexibility index (Phi) is 3.76. The number of amides is 1. The van der Waals surface area contributed by atoms with Gasteiger partial charge in [0.15, 0.2) is 0 Å². The van der Waals surface area contributed by atoms with E-state index in [0.717, 1.165) is 13.1 Å². The molecule has 0 aromatic carbocycles. The van der Waals surface area contributed by atoms with Crippen molar-refractivity contribution in [3.05, 3.63) is 0 Å². The van der Waals surface area contributed by atoms with Crippen LogP contribution in [0.15, 0.2) is 0 Å². The van der Waals surface area contributed by atoms with Crippen LogP contribution in [-0.2, 0) is 4.79 Å². The van der Waals surface area contributed by atoms with Gasteiger partial charge in [-0.05, 0) is 12.8 Å². The molecule has 2 atom stereocenters. The van der Waals surface area contributed by atoms with Gasteiger partial charge < -0.3 is 15.3 Å². The van der Waals surface area contributed by atoms with Crippen molar-refractivity contribution >= 4 is 5.91 Å².